The molecule has 0 atom stereocenters. The van der Waals surface area contributed by atoms with E-state index in [9.17, 15) is 5.26 Å². The number of pyridine rings is 4. The van der Waals surface area contributed by atoms with Crippen LogP contribution in [0, 0.1) is 11.3 Å². The van der Waals surface area contributed by atoms with Gasteiger partial charge in [-0.1, -0.05) is 48.5 Å². The van der Waals surface area contributed by atoms with Crippen LogP contribution >= 0.6 is 0 Å². The number of ether oxygens (including phenoxy) is 1. The first-order valence-electron chi connectivity index (χ1n) is 17.8. The molecule has 0 N–H and O–H groups in total. The second-order valence-corrected chi connectivity index (χ2v) is 13.8. The standard InChI is InChI=1S/C46H25N7O/c47-24-27-13-15-38-31(21-27)32-23-43(53-37-11-3-1-7-29(37)30-17-20-48-25-39(30)53)51-26-40(32)52(38)28-14-16-42-36(22-28)46(33-8-2-4-12-41(33)54-42)34-9-5-18-49-44(34)45-35(46)10-6-19-50-45/h1-23,25-26H. The van der Waals surface area contributed by atoms with Crippen molar-refractivity contribution in [2.24, 2.45) is 0 Å². The predicted octanol–water partition coefficient (Wildman–Crippen LogP) is 9.80. The highest BCUT2D eigenvalue weighted by atomic mass is 16.5. The molecule has 12 rings (SSSR count). The van der Waals surface area contributed by atoms with E-state index in [-0.39, 0.29) is 0 Å². The first-order valence-corrected chi connectivity index (χ1v) is 17.8. The fraction of sp³-hybridized carbons (Fsp3) is 0.0217. The minimum absolute atomic E-state index is 0.592. The molecule has 1 spiro atoms. The van der Waals surface area contributed by atoms with E-state index in [0.29, 0.717) is 5.56 Å². The Morgan fingerprint density at radius 3 is 2.07 bits per heavy atom. The largest absolute Gasteiger partial charge is 0.457 e. The Bertz CT molecular complexity index is 3200. The maximum absolute atomic E-state index is 10.0. The highest BCUT2D eigenvalue weighted by Crippen LogP contribution is 2.61. The molecular formula is C46H25N7O. The van der Waals surface area contributed by atoms with E-state index >= 15 is 0 Å². The molecule has 0 radical (unpaired) electrons. The molecule has 0 unspecified atom stereocenters. The molecule has 8 nitrogen and oxygen atoms in total. The van der Waals surface area contributed by atoms with E-state index < -0.39 is 5.41 Å². The van der Waals surface area contributed by atoms with Crippen molar-refractivity contribution in [3.8, 4) is 40.5 Å². The van der Waals surface area contributed by atoms with E-state index in [2.05, 4.69) is 93.0 Å². The molecule has 8 heteroatoms. The quantitative estimate of drug-likeness (QED) is 0.179. The van der Waals surface area contributed by atoms with Gasteiger partial charge in [0, 0.05) is 56.9 Å². The fourth-order valence-electron chi connectivity index (χ4n) is 9.13. The van der Waals surface area contributed by atoms with Crippen molar-refractivity contribution in [3.05, 3.63) is 180 Å². The number of para-hydroxylation sites is 2. The van der Waals surface area contributed by atoms with E-state index in [4.69, 9.17) is 19.7 Å². The molecule has 0 saturated heterocycles. The number of benzene rings is 4. The molecule has 0 bridgehead atoms. The van der Waals surface area contributed by atoms with Crippen LogP contribution in [0.4, 0.5) is 0 Å². The minimum atomic E-state index is -0.712. The second-order valence-electron chi connectivity index (χ2n) is 13.8. The fourth-order valence-corrected chi connectivity index (χ4v) is 9.13. The monoisotopic (exact) mass is 691 g/mol. The predicted molar refractivity (Wildman–Crippen MR) is 208 cm³/mol. The van der Waals surface area contributed by atoms with E-state index in [1.165, 1.54) is 0 Å². The highest BCUT2D eigenvalue weighted by molar-refractivity contribution is 6.12. The van der Waals surface area contributed by atoms with Crippen LogP contribution in [-0.4, -0.2) is 29.1 Å². The topological polar surface area (TPSA) is 94.4 Å². The summed E-state index contributed by atoms with van der Waals surface area (Å²) in [5.74, 6) is 2.36. The summed E-state index contributed by atoms with van der Waals surface area (Å²) < 4.78 is 11.1. The van der Waals surface area contributed by atoms with Gasteiger partial charge in [0.2, 0.25) is 0 Å². The number of nitrogens with zero attached hydrogens (tertiary/aromatic N) is 7. The van der Waals surface area contributed by atoms with Gasteiger partial charge in [-0.05, 0) is 83.9 Å². The molecule has 0 fully saturated rings. The molecule has 250 valence electrons. The van der Waals surface area contributed by atoms with Crippen molar-refractivity contribution >= 4 is 43.6 Å². The van der Waals surface area contributed by atoms with Crippen LogP contribution in [0.5, 0.6) is 11.5 Å². The Kier molecular flexibility index (Phi) is 5.62. The van der Waals surface area contributed by atoms with Crippen molar-refractivity contribution in [2.75, 3.05) is 0 Å². The molecule has 2 aliphatic rings. The van der Waals surface area contributed by atoms with Gasteiger partial charge in [-0.2, -0.15) is 5.26 Å². The highest BCUT2D eigenvalue weighted by Gasteiger charge is 2.52. The van der Waals surface area contributed by atoms with Crippen LogP contribution in [0.2, 0.25) is 0 Å². The summed E-state index contributed by atoms with van der Waals surface area (Å²) in [7, 11) is 0. The maximum atomic E-state index is 10.0. The molecular weight excluding hydrogens is 667 g/mol. The van der Waals surface area contributed by atoms with Crippen molar-refractivity contribution in [1.82, 2.24) is 29.1 Å². The number of hydrogen-bond donors (Lipinski definition) is 0. The summed E-state index contributed by atoms with van der Waals surface area (Å²) in [6, 6.07) is 43.8. The lowest BCUT2D eigenvalue weighted by Gasteiger charge is -2.39. The smallest absolute Gasteiger partial charge is 0.138 e. The number of rotatable bonds is 2. The summed E-state index contributed by atoms with van der Waals surface area (Å²) in [5.41, 5.74) is 10.7. The zero-order valence-corrected chi connectivity index (χ0v) is 28.5. The number of hydrogen-bond acceptors (Lipinski definition) is 6. The van der Waals surface area contributed by atoms with Gasteiger partial charge in [-0.3, -0.25) is 19.5 Å². The number of aromatic nitrogens is 6. The summed E-state index contributed by atoms with van der Waals surface area (Å²) in [4.78, 5) is 19.4. The zero-order chi connectivity index (χ0) is 35.5. The molecule has 7 heterocycles. The van der Waals surface area contributed by atoms with Gasteiger partial charge in [0.1, 0.15) is 17.3 Å². The van der Waals surface area contributed by atoms with E-state index in [0.717, 1.165) is 100 Å². The van der Waals surface area contributed by atoms with Crippen LogP contribution in [0.1, 0.15) is 27.8 Å². The summed E-state index contributed by atoms with van der Waals surface area (Å²) in [6.07, 6.45) is 9.34. The molecule has 4 aromatic carbocycles. The zero-order valence-electron chi connectivity index (χ0n) is 28.5. The lowest BCUT2D eigenvalue weighted by atomic mass is 9.66. The van der Waals surface area contributed by atoms with Crippen molar-refractivity contribution in [1.29, 1.82) is 5.26 Å². The third-order valence-electron chi connectivity index (χ3n) is 11.3. The van der Waals surface area contributed by atoms with Gasteiger partial charge < -0.3 is 9.30 Å². The first kappa shape index (κ1) is 29.0. The summed E-state index contributed by atoms with van der Waals surface area (Å²) >= 11 is 0. The Morgan fingerprint density at radius 2 is 1.22 bits per heavy atom. The Balaban J connectivity index is 1.15. The lowest BCUT2D eigenvalue weighted by Crippen LogP contribution is -2.32. The maximum Gasteiger partial charge on any atom is 0.138 e. The van der Waals surface area contributed by atoms with Crippen LogP contribution in [0.25, 0.3) is 66.5 Å². The summed E-state index contributed by atoms with van der Waals surface area (Å²) in [6.45, 7) is 0. The molecule has 54 heavy (non-hydrogen) atoms. The van der Waals surface area contributed by atoms with Crippen molar-refractivity contribution in [2.45, 2.75) is 5.41 Å². The minimum Gasteiger partial charge on any atom is -0.457 e. The lowest BCUT2D eigenvalue weighted by molar-refractivity contribution is 0.436. The number of nitriles is 1. The van der Waals surface area contributed by atoms with Gasteiger partial charge in [-0.25, -0.2) is 4.98 Å². The van der Waals surface area contributed by atoms with Gasteiger partial charge in [0.15, 0.2) is 0 Å². The summed E-state index contributed by atoms with van der Waals surface area (Å²) in [5, 5.41) is 14.2. The number of fused-ring (bicyclic) bond motifs is 15. The van der Waals surface area contributed by atoms with Crippen molar-refractivity contribution < 1.29 is 4.74 Å². The van der Waals surface area contributed by atoms with E-state index in [1.807, 2.05) is 79.5 Å². The van der Waals surface area contributed by atoms with Crippen LogP contribution in [0.3, 0.4) is 0 Å². The Morgan fingerprint density at radius 1 is 0.519 bits per heavy atom. The Hall–Kier alpha value is -7.63. The average molecular weight is 692 g/mol. The second kappa shape index (κ2) is 10.5. The Labute approximate surface area is 307 Å². The SMILES string of the molecule is N#Cc1ccc2c(c1)c1cc(-n3c4ccccc4c4ccncc43)ncc1n2-c1ccc2c(c1)C1(c3ccccc3O2)c2cccnc2-c2ncccc21. The van der Waals surface area contributed by atoms with Gasteiger partial charge in [0.05, 0.1) is 62.9 Å². The molecule has 1 aliphatic heterocycles. The van der Waals surface area contributed by atoms with Gasteiger partial charge in [0.25, 0.3) is 0 Å². The molecule has 6 aromatic heterocycles. The average Bonchev–Trinajstić information content (AvgIpc) is 3.85. The molecule has 0 amide bonds. The molecule has 1 aliphatic carbocycles. The van der Waals surface area contributed by atoms with Crippen LogP contribution in [-0.2, 0) is 5.41 Å². The molecule has 10 aromatic rings. The van der Waals surface area contributed by atoms with Crippen LogP contribution in [0.15, 0.2) is 152 Å². The first-order chi connectivity index (χ1) is 26.7. The van der Waals surface area contributed by atoms with E-state index in [1.54, 1.807) is 0 Å². The van der Waals surface area contributed by atoms with Crippen molar-refractivity contribution in [3.63, 3.8) is 0 Å². The van der Waals surface area contributed by atoms with Crippen LogP contribution < -0.4 is 4.74 Å². The third kappa shape index (κ3) is 3.59. The normalized spacial score (nSPS) is 13.5. The third-order valence-corrected chi connectivity index (χ3v) is 11.3. The van der Waals surface area contributed by atoms with Gasteiger partial charge in [-0.15, -0.1) is 0 Å². The molecule has 0 saturated carbocycles. The van der Waals surface area contributed by atoms with Gasteiger partial charge >= 0.3 is 0 Å².